The molecule has 0 aromatic heterocycles. The van der Waals surface area contributed by atoms with Gasteiger partial charge in [0.15, 0.2) is 0 Å². The van der Waals surface area contributed by atoms with Crippen molar-refractivity contribution >= 4 is 17.1 Å². The molecule has 4 heteroatoms. The second-order valence-electron chi connectivity index (χ2n) is 3.83. The van der Waals surface area contributed by atoms with E-state index in [0.29, 0.717) is 11.4 Å². The number of ether oxygens (including phenoxy) is 1. The third-order valence-electron chi connectivity index (χ3n) is 2.78. The van der Waals surface area contributed by atoms with Gasteiger partial charge in [0.2, 0.25) is 0 Å². The summed E-state index contributed by atoms with van der Waals surface area (Å²) in [6, 6.07) is 3.87. The van der Waals surface area contributed by atoms with Crippen LogP contribution in [-0.2, 0) is 4.74 Å². The molecule has 1 aromatic rings. The summed E-state index contributed by atoms with van der Waals surface area (Å²) in [4.78, 5) is 2.24. The fraction of sp³-hybridized carbons (Fsp3) is 0.455. The predicted molar refractivity (Wildman–Crippen MR) is 63.0 cm³/mol. The van der Waals surface area contributed by atoms with Gasteiger partial charge < -0.3 is 21.1 Å². The van der Waals surface area contributed by atoms with E-state index < -0.39 is 0 Å². The minimum atomic E-state index is 0.655. The van der Waals surface area contributed by atoms with Crippen molar-refractivity contribution in [1.29, 1.82) is 0 Å². The van der Waals surface area contributed by atoms with Gasteiger partial charge in [-0.25, -0.2) is 0 Å². The summed E-state index contributed by atoms with van der Waals surface area (Å²) in [6.45, 7) is 5.34. The molecule has 0 atom stereocenters. The quantitative estimate of drug-likeness (QED) is 0.674. The molecule has 1 heterocycles. The number of rotatable bonds is 1. The van der Waals surface area contributed by atoms with Crippen molar-refractivity contribution in [3.8, 4) is 0 Å². The molecule has 0 amide bonds. The van der Waals surface area contributed by atoms with Crippen LogP contribution >= 0.6 is 0 Å². The summed E-state index contributed by atoms with van der Waals surface area (Å²) in [5.74, 6) is 0. The van der Waals surface area contributed by atoms with E-state index in [9.17, 15) is 0 Å². The third kappa shape index (κ3) is 1.85. The molecule has 4 nitrogen and oxygen atoms in total. The molecule has 2 rings (SSSR count). The first-order chi connectivity index (χ1) is 7.20. The van der Waals surface area contributed by atoms with E-state index in [4.69, 9.17) is 16.2 Å². The summed E-state index contributed by atoms with van der Waals surface area (Å²) in [7, 11) is 0. The van der Waals surface area contributed by atoms with Crippen LogP contribution in [0.15, 0.2) is 12.1 Å². The minimum Gasteiger partial charge on any atom is -0.397 e. The zero-order valence-corrected chi connectivity index (χ0v) is 8.99. The van der Waals surface area contributed by atoms with Crippen LogP contribution in [0.25, 0.3) is 0 Å². The normalized spacial score (nSPS) is 16.7. The summed E-state index contributed by atoms with van der Waals surface area (Å²) < 4.78 is 5.32. The molecule has 1 aromatic carbocycles. The monoisotopic (exact) mass is 207 g/mol. The molecule has 0 bridgehead atoms. The molecule has 0 spiro atoms. The van der Waals surface area contributed by atoms with E-state index in [1.54, 1.807) is 0 Å². The second kappa shape index (κ2) is 3.98. The Balaban J connectivity index is 2.36. The van der Waals surface area contributed by atoms with Gasteiger partial charge in [0.05, 0.1) is 30.3 Å². The molecule has 0 saturated carbocycles. The van der Waals surface area contributed by atoms with E-state index >= 15 is 0 Å². The Kier molecular flexibility index (Phi) is 2.68. The number of nitrogens with two attached hydrogens (primary N) is 2. The lowest BCUT2D eigenvalue weighted by atomic mass is 10.1. The largest absolute Gasteiger partial charge is 0.397 e. The molecule has 82 valence electrons. The molecule has 0 radical (unpaired) electrons. The summed E-state index contributed by atoms with van der Waals surface area (Å²) in [6.07, 6.45) is 0. The highest BCUT2D eigenvalue weighted by Gasteiger charge is 2.16. The Hall–Kier alpha value is -1.42. The number of nitrogen functional groups attached to an aromatic ring is 2. The fourth-order valence-electron chi connectivity index (χ4n) is 1.94. The molecule has 0 unspecified atom stereocenters. The van der Waals surface area contributed by atoms with Crippen LogP contribution in [0.1, 0.15) is 5.56 Å². The number of morpholine rings is 1. The Morgan fingerprint density at radius 3 is 2.53 bits per heavy atom. The van der Waals surface area contributed by atoms with Crippen molar-refractivity contribution in [1.82, 2.24) is 0 Å². The second-order valence-corrected chi connectivity index (χ2v) is 3.83. The van der Waals surface area contributed by atoms with Gasteiger partial charge in [-0.05, 0) is 18.6 Å². The summed E-state index contributed by atoms with van der Waals surface area (Å²) in [5, 5.41) is 0. The Labute approximate surface area is 89.8 Å². The first-order valence-electron chi connectivity index (χ1n) is 5.17. The Morgan fingerprint density at radius 1 is 1.20 bits per heavy atom. The first-order valence-corrected chi connectivity index (χ1v) is 5.17. The number of nitrogens with zero attached hydrogens (tertiary/aromatic N) is 1. The van der Waals surface area contributed by atoms with Crippen LogP contribution < -0.4 is 16.4 Å². The summed E-state index contributed by atoms with van der Waals surface area (Å²) in [5.41, 5.74) is 15.4. The average molecular weight is 207 g/mol. The zero-order valence-electron chi connectivity index (χ0n) is 8.99. The van der Waals surface area contributed by atoms with Crippen LogP contribution in [0.4, 0.5) is 17.1 Å². The van der Waals surface area contributed by atoms with E-state index in [-0.39, 0.29) is 0 Å². The highest BCUT2D eigenvalue weighted by Crippen LogP contribution is 2.32. The van der Waals surface area contributed by atoms with Gasteiger partial charge in [0, 0.05) is 13.1 Å². The van der Waals surface area contributed by atoms with Gasteiger partial charge >= 0.3 is 0 Å². The van der Waals surface area contributed by atoms with Gasteiger partial charge in [-0.3, -0.25) is 0 Å². The maximum absolute atomic E-state index is 6.01. The Morgan fingerprint density at radius 2 is 1.87 bits per heavy atom. The van der Waals surface area contributed by atoms with Crippen LogP contribution in [0.3, 0.4) is 0 Å². The van der Waals surface area contributed by atoms with Gasteiger partial charge in [0.1, 0.15) is 0 Å². The smallest absolute Gasteiger partial charge is 0.0788 e. The standard InChI is InChI=1S/C11H17N3O/c1-8-2-3-9(12)10(13)11(8)14-4-6-15-7-5-14/h2-3H,4-7,12-13H2,1H3. The van der Waals surface area contributed by atoms with Gasteiger partial charge in [0.25, 0.3) is 0 Å². The van der Waals surface area contributed by atoms with Crippen molar-refractivity contribution in [2.24, 2.45) is 0 Å². The van der Waals surface area contributed by atoms with Gasteiger partial charge in [-0.1, -0.05) is 6.07 Å². The van der Waals surface area contributed by atoms with E-state index in [2.05, 4.69) is 11.8 Å². The van der Waals surface area contributed by atoms with Crippen molar-refractivity contribution in [2.75, 3.05) is 42.7 Å². The maximum atomic E-state index is 6.01. The highest BCUT2D eigenvalue weighted by atomic mass is 16.5. The molecule has 1 saturated heterocycles. The van der Waals surface area contributed by atoms with Gasteiger partial charge in [-0.15, -0.1) is 0 Å². The lowest BCUT2D eigenvalue weighted by Crippen LogP contribution is -2.37. The minimum absolute atomic E-state index is 0.655. The van der Waals surface area contributed by atoms with Crippen LogP contribution in [0.2, 0.25) is 0 Å². The topological polar surface area (TPSA) is 64.5 Å². The van der Waals surface area contributed by atoms with Crippen LogP contribution in [0, 0.1) is 6.92 Å². The molecule has 0 aliphatic carbocycles. The molecule has 4 N–H and O–H groups in total. The highest BCUT2D eigenvalue weighted by molar-refractivity contribution is 5.82. The SMILES string of the molecule is Cc1ccc(N)c(N)c1N1CCOCC1. The van der Waals surface area contributed by atoms with Crippen molar-refractivity contribution < 1.29 is 4.74 Å². The number of anilines is 3. The molecule has 15 heavy (non-hydrogen) atoms. The van der Waals surface area contributed by atoms with Crippen molar-refractivity contribution in [2.45, 2.75) is 6.92 Å². The van der Waals surface area contributed by atoms with Gasteiger partial charge in [-0.2, -0.15) is 0 Å². The molecule has 1 fully saturated rings. The maximum Gasteiger partial charge on any atom is 0.0788 e. The number of hydrogen-bond donors (Lipinski definition) is 2. The van der Waals surface area contributed by atoms with Crippen LogP contribution in [-0.4, -0.2) is 26.3 Å². The average Bonchev–Trinajstić information content (AvgIpc) is 2.26. The van der Waals surface area contributed by atoms with E-state index in [0.717, 1.165) is 32.0 Å². The first kappa shape index (κ1) is 10.1. The summed E-state index contributed by atoms with van der Waals surface area (Å²) >= 11 is 0. The lowest BCUT2D eigenvalue weighted by molar-refractivity contribution is 0.122. The third-order valence-corrected chi connectivity index (χ3v) is 2.78. The zero-order chi connectivity index (χ0) is 10.8. The predicted octanol–water partition coefficient (Wildman–Crippen LogP) is 0.996. The molecule has 1 aliphatic heterocycles. The number of hydrogen-bond acceptors (Lipinski definition) is 4. The number of benzene rings is 1. The van der Waals surface area contributed by atoms with Crippen molar-refractivity contribution in [3.63, 3.8) is 0 Å². The van der Waals surface area contributed by atoms with Crippen molar-refractivity contribution in [3.05, 3.63) is 17.7 Å². The Bertz CT molecular complexity index is 359. The number of aryl methyl sites for hydroxylation is 1. The van der Waals surface area contributed by atoms with E-state index in [1.165, 1.54) is 5.56 Å². The lowest BCUT2D eigenvalue weighted by Gasteiger charge is -2.31. The van der Waals surface area contributed by atoms with E-state index in [1.807, 2.05) is 12.1 Å². The molecular formula is C11H17N3O. The van der Waals surface area contributed by atoms with Crippen LogP contribution in [0.5, 0.6) is 0 Å². The molecule has 1 aliphatic rings. The fourth-order valence-corrected chi connectivity index (χ4v) is 1.94. The molecular weight excluding hydrogens is 190 g/mol.